The molecule has 0 saturated carbocycles. The van der Waals surface area contributed by atoms with Crippen molar-refractivity contribution in [1.82, 2.24) is 14.7 Å². The summed E-state index contributed by atoms with van der Waals surface area (Å²) in [6.45, 7) is 3.61. The van der Waals surface area contributed by atoms with Gasteiger partial charge < -0.3 is 14.9 Å². The molecule has 0 unspecified atom stereocenters. The molecule has 0 atom stereocenters. The Morgan fingerprint density at radius 2 is 1.66 bits per heavy atom. The van der Waals surface area contributed by atoms with Crippen LogP contribution >= 0.6 is 0 Å². The number of hydrogen-bond donors (Lipinski definition) is 1. The van der Waals surface area contributed by atoms with E-state index in [1.165, 1.54) is 30.0 Å². The second-order valence-corrected chi connectivity index (χ2v) is 10.2. The van der Waals surface area contributed by atoms with Gasteiger partial charge in [0, 0.05) is 12.7 Å². The SMILES string of the molecule is O=C([N-]S(=O)(=O)c1ccn(CCN2CCCC2)n1)Nc1c2c(cc3c1CCC3)CCC2.[Na+]. The number of amides is 2. The Bertz CT molecular complexity index is 1080. The second kappa shape index (κ2) is 9.85. The van der Waals surface area contributed by atoms with Crippen LogP contribution in [0.3, 0.4) is 0 Å². The van der Waals surface area contributed by atoms with E-state index in [1.54, 1.807) is 10.9 Å². The molecule has 1 aromatic carbocycles. The topological polar surface area (TPSA) is 98.4 Å². The first-order valence-electron chi connectivity index (χ1n) is 11.2. The summed E-state index contributed by atoms with van der Waals surface area (Å²) in [4.78, 5) is 14.9. The van der Waals surface area contributed by atoms with Gasteiger partial charge in [-0.1, -0.05) is 6.07 Å². The fourth-order valence-electron chi connectivity index (χ4n) is 5.11. The fraction of sp³-hybridized carbons (Fsp3) is 0.545. The van der Waals surface area contributed by atoms with Crippen LogP contribution in [-0.4, -0.2) is 48.8 Å². The monoisotopic (exact) mass is 465 g/mol. The third-order valence-electron chi connectivity index (χ3n) is 6.63. The van der Waals surface area contributed by atoms with Gasteiger partial charge in [-0.15, -0.1) is 0 Å². The zero-order valence-corrected chi connectivity index (χ0v) is 21.5. The molecule has 8 nitrogen and oxygen atoms in total. The molecule has 3 aliphatic rings. The van der Waals surface area contributed by atoms with Crippen molar-refractivity contribution in [2.75, 3.05) is 25.0 Å². The van der Waals surface area contributed by atoms with Crippen LogP contribution < -0.4 is 34.9 Å². The maximum absolute atomic E-state index is 12.7. The van der Waals surface area contributed by atoms with Crippen LogP contribution in [0.1, 0.15) is 47.9 Å². The largest absolute Gasteiger partial charge is 1.00 e. The summed E-state index contributed by atoms with van der Waals surface area (Å²) in [5, 5.41) is 6.77. The molecular formula is C22H28N5NaO3S. The number of carbonyl (C=O) groups is 1. The average Bonchev–Trinajstić information content (AvgIpc) is 3.52. The molecule has 0 spiro atoms. The van der Waals surface area contributed by atoms with Gasteiger partial charge in [0.2, 0.25) is 10.0 Å². The smallest absolute Gasteiger partial charge is 0.423 e. The van der Waals surface area contributed by atoms with Gasteiger partial charge in [0.25, 0.3) is 0 Å². The summed E-state index contributed by atoms with van der Waals surface area (Å²) in [6.07, 6.45) is 10.0. The van der Waals surface area contributed by atoms with E-state index in [0.717, 1.165) is 75.0 Å². The van der Waals surface area contributed by atoms with Crippen LogP contribution in [0.15, 0.2) is 23.4 Å². The number of rotatable bonds is 6. The van der Waals surface area contributed by atoms with Crippen molar-refractivity contribution in [2.24, 2.45) is 0 Å². The summed E-state index contributed by atoms with van der Waals surface area (Å²) < 4.78 is 30.4. The van der Waals surface area contributed by atoms with Crippen molar-refractivity contribution in [2.45, 2.75) is 62.9 Å². The van der Waals surface area contributed by atoms with Crippen molar-refractivity contribution in [3.8, 4) is 0 Å². The van der Waals surface area contributed by atoms with Gasteiger partial charge >= 0.3 is 29.6 Å². The van der Waals surface area contributed by atoms with Crippen LogP contribution in [0.25, 0.3) is 4.72 Å². The van der Waals surface area contributed by atoms with E-state index >= 15 is 0 Å². The number of carbonyl (C=O) groups excluding carboxylic acids is 1. The Balaban J connectivity index is 0.00000245. The molecular weight excluding hydrogens is 437 g/mol. The van der Waals surface area contributed by atoms with Crippen molar-refractivity contribution in [1.29, 1.82) is 0 Å². The minimum atomic E-state index is -4.16. The third kappa shape index (κ3) is 4.92. The Hall–Kier alpha value is -1.39. The molecule has 0 radical (unpaired) electrons. The predicted molar refractivity (Wildman–Crippen MR) is 118 cm³/mol. The fourth-order valence-corrected chi connectivity index (χ4v) is 5.91. The quantitative estimate of drug-likeness (QED) is 0.617. The first-order chi connectivity index (χ1) is 15.0. The molecule has 2 heterocycles. The molecule has 2 aliphatic carbocycles. The third-order valence-corrected chi connectivity index (χ3v) is 7.79. The van der Waals surface area contributed by atoms with E-state index in [9.17, 15) is 13.2 Å². The van der Waals surface area contributed by atoms with Crippen LogP contribution in [0.2, 0.25) is 0 Å². The molecule has 1 fully saturated rings. The van der Waals surface area contributed by atoms with Crippen molar-refractivity contribution >= 4 is 21.7 Å². The number of nitrogens with one attached hydrogen (secondary N) is 1. The first kappa shape index (κ1) is 23.8. The maximum atomic E-state index is 12.7. The number of likely N-dealkylation sites (tertiary alicyclic amines) is 1. The summed E-state index contributed by atoms with van der Waals surface area (Å²) in [7, 11) is -4.16. The van der Waals surface area contributed by atoms with Gasteiger partial charge in [0.15, 0.2) is 11.1 Å². The minimum absolute atomic E-state index is 0. The number of sulfonamides is 1. The normalized spacial score (nSPS) is 17.6. The minimum Gasteiger partial charge on any atom is -0.423 e. The standard InChI is InChI=1S/C22H29N5O3S.Na/c28-22(23-21-18-7-3-5-16(18)15-17-6-4-8-19(17)21)25-31(29,30)20-9-12-27(24-20)14-13-26-10-1-2-11-26;/h9,12,15H,1-8,10-11,13-14H2,(H2,23,25,28);/q;+1/p-1. The maximum Gasteiger partial charge on any atom is 1.00 e. The summed E-state index contributed by atoms with van der Waals surface area (Å²) >= 11 is 0. The van der Waals surface area contributed by atoms with Crippen LogP contribution in [-0.2, 0) is 42.3 Å². The van der Waals surface area contributed by atoms with Crippen molar-refractivity contribution in [3.63, 3.8) is 0 Å². The molecule has 32 heavy (non-hydrogen) atoms. The predicted octanol–water partition coefficient (Wildman–Crippen LogP) is 0.255. The zero-order chi connectivity index (χ0) is 21.4. The molecule has 5 rings (SSSR count). The molecule has 1 aliphatic heterocycles. The van der Waals surface area contributed by atoms with E-state index < -0.39 is 16.1 Å². The van der Waals surface area contributed by atoms with Gasteiger partial charge in [-0.3, -0.25) is 9.48 Å². The van der Waals surface area contributed by atoms with E-state index in [-0.39, 0.29) is 34.6 Å². The van der Waals surface area contributed by atoms with Gasteiger partial charge in [-0.25, -0.2) is 8.42 Å². The number of fused-ring (bicyclic) bond motifs is 2. The van der Waals surface area contributed by atoms with E-state index in [2.05, 4.69) is 26.1 Å². The van der Waals surface area contributed by atoms with E-state index in [1.807, 2.05) is 0 Å². The van der Waals surface area contributed by atoms with E-state index in [4.69, 9.17) is 0 Å². The Morgan fingerprint density at radius 1 is 1.00 bits per heavy atom. The summed E-state index contributed by atoms with van der Waals surface area (Å²) in [5.74, 6) is 0. The van der Waals surface area contributed by atoms with Crippen molar-refractivity contribution < 1.29 is 42.8 Å². The number of urea groups is 1. The molecule has 0 bridgehead atoms. The van der Waals surface area contributed by atoms with Crippen LogP contribution in [0.4, 0.5) is 10.5 Å². The number of anilines is 1. The molecule has 2 amide bonds. The number of hydrogen-bond acceptors (Lipinski definition) is 5. The van der Waals surface area contributed by atoms with Crippen LogP contribution in [0.5, 0.6) is 0 Å². The summed E-state index contributed by atoms with van der Waals surface area (Å²) in [5.41, 5.74) is 5.63. The van der Waals surface area contributed by atoms with Gasteiger partial charge in [0.1, 0.15) is 0 Å². The second-order valence-electron chi connectivity index (χ2n) is 8.70. The van der Waals surface area contributed by atoms with Gasteiger partial charge in [-0.05, 0) is 98.5 Å². The molecule has 2 aromatic rings. The van der Waals surface area contributed by atoms with E-state index in [0.29, 0.717) is 6.54 Å². The number of aromatic nitrogens is 2. The Labute approximate surface area is 211 Å². The molecule has 10 heteroatoms. The van der Waals surface area contributed by atoms with Gasteiger partial charge in [0.05, 0.1) is 6.54 Å². The molecule has 1 aromatic heterocycles. The van der Waals surface area contributed by atoms with Crippen LogP contribution in [0, 0.1) is 0 Å². The van der Waals surface area contributed by atoms with Crippen molar-refractivity contribution in [3.05, 3.63) is 45.3 Å². The Kier molecular flexibility index (Phi) is 7.31. The number of benzene rings is 1. The average molecular weight is 466 g/mol. The Morgan fingerprint density at radius 3 is 2.31 bits per heavy atom. The van der Waals surface area contributed by atoms with Gasteiger partial charge in [-0.2, -0.15) is 5.10 Å². The zero-order valence-electron chi connectivity index (χ0n) is 18.6. The molecule has 1 N–H and O–H groups in total. The molecule has 166 valence electrons. The number of nitrogens with zero attached hydrogens (tertiary/aromatic N) is 4. The first-order valence-corrected chi connectivity index (χ1v) is 12.6. The number of aryl methyl sites for hydroxylation is 2. The molecule has 1 saturated heterocycles. The summed E-state index contributed by atoms with van der Waals surface area (Å²) in [6, 6.07) is 2.83.